The highest BCUT2D eigenvalue weighted by molar-refractivity contribution is 5.87. The van der Waals surface area contributed by atoms with E-state index in [1.165, 1.54) is 4.90 Å². The van der Waals surface area contributed by atoms with E-state index in [0.717, 1.165) is 12.0 Å². The van der Waals surface area contributed by atoms with Crippen molar-refractivity contribution in [3.63, 3.8) is 0 Å². The van der Waals surface area contributed by atoms with Crippen molar-refractivity contribution in [3.8, 4) is 0 Å². The second-order valence-electron chi connectivity index (χ2n) is 5.81. The zero-order valence-corrected chi connectivity index (χ0v) is 12.2. The molecule has 1 aromatic carbocycles. The van der Waals surface area contributed by atoms with Gasteiger partial charge >= 0.3 is 5.97 Å². The van der Waals surface area contributed by atoms with Gasteiger partial charge in [0.2, 0.25) is 5.91 Å². The molecule has 3 N–H and O–H groups in total. The number of likely N-dealkylation sites (tertiary alicyclic amines) is 1. The third kappa shape index (κ3) is 3.82. The van der Waals surface area contributed by atoms with E-state index in [-0.39, 0.29) is 5.91 Å². The summed E-state index contributed by atoms with van der Waals surface area (Å²) in [4.78, 5) is 25.3. The molecule has 0 aromatic heterocycles. The van der Waals surface area contributed by atoms with Gasteiger partial charge < -0.3 is 15.7 Å². The first kappa shape index (κ1) is 15.5. The van der Waals surface area contributed by atoms with E-state index in [9.17, 15) is 14.7 Å². The Hall–Kier alpha value is -1.88. The third-order valence-corrected chi connectivity index (χ3v) is 4.05. The van der Waals surface area contributed by atoms with Crippen molar-refractivity contribution < 1.29 is 14.7 Å². The summed E-state index contributed by atoms with van der Waals surface area (Å²) in [6, 6.07) is 8.10. The topological polar surface area (TPSA) is 83.6 Å². The van der Waals surface area contributed by atoms with Crippen LogP contribution in [0.25, 0.3) is 0 Å². The minimum Gasteiger partial charge on any atom is -0.480 e. The van der Waals surface area contributed by atoms with E-state index in [1.54, 1.807) is 0 Å². The summed E-state index contributed by atoms with van der Waals surface area (Å²) in [5.74, 6) is -0.888. The fourth-order valence-electron chi connectivity index (χ4n) is 2.81. The van der Waals surface area contributed by atoms with Crippen LogP contribution in [0.5, 0.6) is 0 Å². The van der Waals surface area contributed by atoms with E-state index >= 15 is 0 Å². The first-order valence-corrected chi connectivity index (χ1v) is 7.32. The average Bonchev–Trinajstić information content (AvgIpc) is 2.47. The van der Waals surface area contributed by atoms with Crippen LogP contribution in [0.3, 0.4) is 0 Å². The van der Waals surface area contributed by atoms with E-state index in [4.69, 9.17) is 5.73 Å². The van der Waals surface area contributed by atoms with E-state index in [2.05, 4.69) is 0 Å². The van der Waals surface area contributed by atoms with Crippen molar-refractivity contribution in [2.24, 2.45) is 11.7 Å². The summed E-state index contributed by atoms with van der Waals surface area (Å²) in [6.07, 6.45) is 1.75. The van der Waals surface area contributed by atoms with Crippen molar-refractivity contribution in [3.05, 3.63) is 35.9 Å². The maximum Gasteiger partial charge on any atom is 0.326 e. The fourth-order valence-corrected chi connectivity index (χ4v) is 2.81. The second-order valence-corrected chi connectivity index (χ2v) is 5.81. The Morgan fingerprint density at radius 1 is 1.38 bits per heavy atom. The monoisotopic (exact) mass is 290 g/mol. The van der Waals surface area contributed by atoms with Gasteiger partial charge in [0.25, 0.3) is 0 Å². The number of amides is 1. The molecule has 1 amide bonds. The smallest absolute Gasteiger partial charge is 0.326 e. The number of piperidine rings is 1. The van der Waals surface area contributed by atoms with Crippen molar-refractivity contribution in [2.45, 2.75) is 38.3 Å². The molecule has 0 saturated carbocycles. The van der Waals surface area contributed by atoms with Crippen LogP contribution in [0.15, 0.2) is 30.3 Å². The van der Waals surface area contributed by atoms with Gasteiger partial charge in [0.05, 0.1) is 6.04 Å². The molecule has 1 aliphatic heterocycles. The highest BCUT2D eigenvalue weighted by atomic mass is 16.4. The van der Waals surface area contributed by atoms with E-state index in [1.807, 2.05) is 37.3 Å². The average molecular weight is 290 g/mol. The van der Waals surface area contributed by atoms with Gasteiger partial charge in [-0.15, -0.1) is 0 Å². The number of benzene rings is 1. The molecule has 21 heavy (non-hydrogen) atoms. The highest BCUT2D eigenvalue weighted by Gasteiger charge is 2.36. The number of carbonyl (C=O) groups excluding carboxylic acids is 1. The standard InChI is InChI=1S/C16H22N2O3/c1-11-7-8-18(14(9-11)16(20)21)15(19)13(17)10-12-5-3-2-4-6-12/h2-6,11,13-14H,7-10,17H2,1H3,(H,20,21)/t11?,13-,14?/m1/s1. The molecule has 0 spiro atoms. The van der Waals surface area contributed by atoms with Gasteiger partial charge in [0.15, 0.2) is 0 Å². The molecular weight excluding hydrogens is 268 g/mol. The number of hydrogen-bond donors (Lipinski definition) is 2. The van der Waals surface area contributed by atoms with Gasteiger partial charge in [0.1, 0.15) is 6.04 Å². The van der Waals surface area contributed by atoms with Crippen molar-refractivity contribution >= 4 is 11.9 Å². The lowest BCUT2D eigenvalue weighted by Crippen LogP contribution is -2.55. The summed E-state index contributed by atoms with van der Waals surface area (Å²) in [5, 5.41) is 9.31. The van der Waals surface area contributed by atoms with Crippen molar-refractivity contribution in [1.29, 1.82) is 0 Å². The Bertz CT molecular complexity index is 504. The minimum absolute atomic E-state index is 0.266. The molecule has 1 aliphatic rings. The fraction of sp³-hybridized carbons (Fsp3) is 0.500. The van der Waals surface area contributed by atoms with Crippen molar-refractivity contribution in [2.75, 3.05) is 6.54 Å². The number of hydrogen-bond acceptors (Lipinski definition) is 3. The third-order valence-electron chi connectivity index (χ3n) is 4.05. The molecule has 1 fully saturated rings. The van der Waals surface area contributed by atoms with Crippen LogP contribution in [0.2, 0.25) is 0 Å². The molecule has 5 nitrogen and oxygen atoms in total. The van der Waals surface area contributed by atoms with Crippen LogP contribution in [-0.2, 0) is 16.0 Å². The van der Waals surface area contributed by atoms with Gasteiger partial charge in [-0.2, -0.15) is 0 Å². The first-order chi connectivity index (χ1) is 9.99. The molecule has 5 heteroatoms. The van der Waals surface area contributed by atoms with Gasteiger partial charge in [-0.1, -0.05) is 37.3 Å². The van der Waals surface area contributed by atoms with Gasteiger partial charge in [-0.25, -0.2) is 4.79 Å². The molecule has 1 heterocycles. The number of aliphatic carboxylic acids is 1. The van der Waals surface area contributed by atoms with Crippen LogP contribution >= 0.6 is 0 Å². The maximum atomic E-state index is 12.5. The largest absolute Gasteiger partial charge is 0.480 e. The van der Waals surface area contributed by atoms with Crippen molar-refractivity contribution in [1.82, 2.24) is 4.90 Å². The Kier molecular flexibility index (Phi) is 4.96. The quantitative estimate of drug-likeness (QED) is 0.874. The van der Waals surface area contributed by atoms with Gasteiger partial charge in [-0.05, 0) is 30.7 Å². The number of nitrogens with two attached hydrogens (primary N) is 1. The first-order valence-electron chi connectivity index (χ1n) is 7.32. The molecule has 0 radical (unpaired) electrons. The minimum atomic E-state index is -0.943. The van der Waals surface area contributed by atoms with E-state index < -0.39 is 18.1 Å². The van der Waals surface area contributed by atoms with Crippen LogP contribution in [0, 0.1) is 5.92 Å². The lowest BCUT2D eigenvalue weighted by atomic mass is 9.91. The summed E-state index contributed by atoms with van der Waals surface area (Å²) in [5.41, 5.74) is 6.98. The number of carboxylic acid groups (broad SMARTS) is 1. The highest BCUT2D eigenvalue weighted by Crippen LogP contribution is 2.23. The number of carboxylic acids is 1. The molecular formula is C16H22N2O3. The van der Waals surface area contributed by atoms with Gasteiger partial charge in [0, 0.05) is 6.54 Å². The Morgan fingerprint density at radius 2 is 2.05 bits per heavy atom. The molecule has 1 aromatic rings. The van der Waals surface area contributed by atoms with Gasteiger partial charge in [-0.3, -0.25) is 4.79 Å². The zero-order valence-electron chi connectivity index (χ0n) is 12.2. The number of nitrogens with zero attached hydrogens (tertiary/aromatic N) is 1. The van der Waals surface area contributed by atoms with Crippen LogP contribution < -0.4 is 5.73 Å². The lowest BCUT2D eigenvalue weighted by molar-refractivity contribution is -0.153. The second kappa shape index (κ2) is 6.72. The normalized spacial score (nSPS) is 23.6. The predicted octanol–water partition coefficient (Wildman–Crippen LogP) is 1.27. The molecule has 0 aliphatic carbocycles. The predicted molar refractivity (Wildman–Crippen MR) is 79.7 cm³/mol. The molecule has 1 saturated heterocycles. The molecule has 2 unspecified atom stereocenters. The Balaban J connectivity index is 2.05. The summed E-state index contributed by atoms with van der Waals surface area (Å²) in [7, 11) is 0. The summed E-state index contributed by atoms with van der Waals surface area (Å²) >= 11 is 0. The Morgan fingerprint density at radius 3 is 2.67 bits per heavy atom. The number of carbonyl (C=O) groups is 2. The lowest BCUT2D eigenvalue weighted by Gasteiger charge is -2.37. The molecule has 2 rings (SSSR count). The van der Waals surface area contributed by atoms with Crippen LogP contribution in [0.1, 0.15) is 25.3 Å². The van der Waals surface area contributed by atoms with Crippen LogP contribution in [-0.4, -0.2) is 40.5 Å². The summed E-state index contributed by atoms with van der Waals surface area (Å²) < 4.78 is 0. The zero-order chi connectivity index (χ0) is 15.4. The molecule has 114 valence electrons. The van der Waals surface area contributed by atoms with Crippen LogP contribution in [0.4, 0.5) is 0 Å². The van der Waals surface area contributed by atoms with E-state index in [0.29, 0.717) is 25.3 Å². The molecule has 0 bridgehead atoms. The summed E-state index contributed by atoms with van der Waals surface area (Å²) in [6.45, 7) is 2.49. The number of rotatable bonds is 4. The SMILES string of the molecule is CC1CCN(C(=O)[C@H](N)Cc2ccccc2)C(C(=O)O)C1. The molecule has 3 atom stereocenters. The maximum absolute atomic E-state index is 12.5. The Labute approximate surface area is 124 Å².